The predicted molar refractivity (Wildman–Crippen MR) is 83.3 cm³/mol. The highest BCUT2D eigenvalue weighted by Gasteiger charge is 2.18. The molecule has 0 saturated heterocycles. The summed E-state index contributed by atoms with van der Waals surface area (Å²) in [5, 5.41) is 0. The van der Waals surface area contributed by atoms with E-state index in [0.29, 0.717) is 6.04 Å². The highest BCUT2D eigenvalue weighted by atomic mass is 14.6. The normalized spacial score (nSPS) is 20.6. The molecule has 1 heteroatoms. The van der Waals surface area contributed by atoms with Crippen LogP contribution in [0.4, 0.5) is 0 Å². The van der Waals surface area contributed by atoms with Crippen molar-refractivity contribution in [3.8, 4) is 0 Å². The number of nitrogens with two attached hydrogens (primary N) is 1. The van der Waals surface area contributed by atoms with Crippen LogP contribution in [-0.2, 0) is 0 Å². The monoisotopic (exact) mass is 239 g/mol. The standard InChI is InChI=1S/C10H15N.2C2H6.C2H4.H2/c11-10-7-3-5-8-4-1-2-6-9(8)10;3*1-2;/h2,6,10H,1,3-5,7,11H2;2*1-2H3;1-2H2;1H/t10-;;;;/m0..../s1. The largest absolute Gasteiger partial charge is 0.324 e. The van der Waals surface area contributed by atoms with Crippen molar-refractivity contribution in [2.45, 2.75) is 65.8 Å². The second kappa shape index (κ2) is 13.2. The van der Waals surface area contributed by atoms with E-state index in [2.05, 4.69) is 25.3 Å². The van der Waals surface area contributed by atoms with E-state index in [1.807, 2.05) is 27.7 Å². The maximum atomic E-state index is 5.98. The highest BCUT2D eigenvalue weighted by molar-refractivity contribution is 5.35. The number of hydrogen-bond acceptors (Lipinski definition) is 1. The first kappa shape index (κ1) is 18.5. The topological polar surface area (TPSA) is 26.0 Å². The summed E-state index contributed by atoms with van der Waals surface area (Å²) in [7, 11) is 0. The third-order valence-corrected chi connectivity index (χ3v) is 2.71. The quantitative estimate of drug-likeness (QED) is 0.574. The minimum Gasteiger partial charge on any atom is -0.324 e. The Labute approximate surface area is 110 Å². The molecule has 0 bridgehead atoms. The Hall–Kier alpha value is -0.820. The van der Waals surface area contributed by atoms with Gasteiger partial charge in [-0.2, -0.15) is 0 Å². The zero-order chi connectivity index (χ0) is 13.7. The van der Waals surface area contributed by atoms with Gasteiger partial charge in [-0.05, 0) is 37.7 Å². The average molecular weight is 239 g/mol. The molecule has 0 fully saturated rings. The van der Waals surface area contributed by atoms with Crippen LogP contribution in [0.1, 0.15) is 61.2 Å². The van der Waals surface area contributed by atoms with E-state index < -0.39 is 0 Å². The Balaban J connectivity index is -0.000000285. The summed E-state index contributed by atoms with van der Waals surface area (Å²) in [5.41, 5.74) is 9.06. The fraction of sp³-hybridized carbons (Fsp3) is 0.625. The van der Waals surface area contributed by atoms with Gasteiger partial charge in [-0.15, -0.1) is 13.2 Å². The van der Waals surface area contributed by atoms with Crippen molar-refractivity contribution in [1.82, 2.24) is 0 Å². The Morgan fingerprint density at radius 2 is 1.76 bits per heavy atom. The van der Waals surface area contributed by atoms with E-state index in [4.69, 9.17) is 5.73 Å². The molecule has 1 nitrogen and oxygen atoms in total. The molecule has 2 rings (SSSR count). The molecule has 0 aromatic heterocycles. The van der Waals surface area contributed by atoms with E-state index in [1.165, 1.54) is 37.7 Å². The molecule has 0 heterocycles. The molecule has 102 valence electrons. The van der Waals surface area contributed by atoms with Crippen molar-refractivity contribution in [1.29, 1.82) is 0 Å². The SMILES string of the molecule is C=C.CC.CC.N[C@H]1CCCC2=C1C=CCC2.[HH]. The first-order valence-corrected chi connectivity index (χ1v) is 7.02. The molecular formula is C16H33N. The molecule has 2 N–H and O–H groups in total. The molecular weight excluding hydrogens is 206 g/mol. The maximum Gasteiger partial charge on any atom is 0.0294 e. The van der Waals surface area contributed by atoms with Gasteiger partial charge < -0.3 is 5.73 Å². The Bertz CT molecular complexity index is 231. The fourth-order valence-electron chi connectivity index (χ4n) is 2.08. The van der Waals surface area contributed by atoms with Crippen LogP contribution in [0, 0.1) is 0 Å². The molecule has 0 aliphatic heterocycles. The van der Waals surface area contributed by atoms with Crippen LogP contribution in [0.3, 0.4) is 0 Å². The molecule has 0 amide bonds. The van der Waals surface area contributed by atoms with Crippen molar-refractivity contribution in [2.24, 2.45) is 5.73 Å². The molecule has 0 unspecified atom stereocenters. The van der Waals surface area contributed by atoms with E-state index in [0.717, 1.165) is 0 Å². The summed E-state index contributed by atoms with van der Waals surface area (Å²) >= 11 is 0. The van der Waals surface area contributed by atoms with E-state index >= 15 is 0 Å². The first-order chi connectivity index (χ1) is 8.38. The van der Waals surface area contributed by atoms with Gasteiger partial charge in [-0.25, -0.2) is 0 Å². The molecule has 0 spiro atoms. The van der Waals surface area contributed by atoms with Gasteiger partial charge in [0.1, 0.15) is 0 Å². The number of hydrogen-bond donors (Lipinski definition) is 1. The lowest BCUT2D eigenvalue weighted by Gasteiger charge is -2.26. The Kier molecular flexibility index (Phi) is 14.4. The van der Waals surface area contributed by atoms with Crippen LogP contribution < -0.4 is 5.73 Å². The molecule has 0 aromatic rings. The molecule has 1 atom stereocenters. The van der Waals surface area contributed by atoms with Crippen molar-refractivity contribution >= 4 is 0 Å². The van der Waals surface area contributed by atoms with Crippen molar-refractivity contribution in [3.05, 3.63) is 36.5 Å². The zero-order valence-electron chi connectivity index (χ0n) is 12.3. The predicted octanol–water partition coefficient (Wildman–Crippen LogP) is 5.24. The third-order valence-electron chi connectivity index (χ3n) is 2.71. The lowest BCUT2D eigenvalue weighted by atomic mass is 9.83. The van der Waals surface area contributed by atoms with Crippen molar-refractivity contribution < 1.29 is 1.43 Å². The van der Waals surface area contributed by atoms with Gasteiger partial charge in [-0.3, -0.25) is 0 Å². The van der Waals surface area contributed by atoms with Crippen LogP contribution in [0.15, 0.2) is 36.5 Å². The van der Waals surface area contributed by atoms with Gasteiger partial charge in [0.25, 0.3) is 0 Å². The fourth-order valence-corrected chi connectivity index (χ4v) is 2.08. The number of rotatable bonds is 0. The van der Waals surface area contributed by atoms with Gasteiger partial charge in [0.05, 0.1) is 0 Å². The molecule has 0 saturated carbocycles. The Morgan fingerprint density at radius 1 is 1.18 bits per heavy atom. The summed E-state index contributed by atoms with van der Waals surface area (Å²) in [5.74, 6) is 0. The summed E-state index contributed by atoms with van der Waals surface area (Å²) in [6.07, 6.45) is 10.8. The third kappa shape index (κ3) is 6.48. The second-order valence-electron chi connectivity index (χ2n) is 3.50. The van der Waals surface area contributed by atoms with Gasteiger partial charge >= 0.3 is 0 Å². The summed E-state index contributed by atoms with van der Waals surface area (Å²) in [6, 6.07) is 0.343. The summed E-state index contributed by atoms with van der Waals surface area (Å²) < 4.78 is 0. The van der Waals surface area contributed by atoms with Gasteiger partial charge in [0.2, 0.25) is 0 Å². The van der Waals surface area contributed by atoms with E-state index in [1.54, 1.807) is 5.57 Å². The van der Waals surface area contributed by atoms with Crippen LogP contribution in [0.2, 0.25) is 0 Å². The summed E-state index contributed by atoms with van der Waals surface area (Å²) in [4.78, 5) is 0. The highest BCUT2D eigenvalue weighted by Crippen LogP contribution is 2.30. The van der Waals surface area contributed by atoms with Gasteiger partial charge in [0, 0.05) is 7.47 Å². The Morgan fingerprint density at radius 3 is 2.29 bits per heavy atom. The van der Waals surface area contributed by atoms with E-state index in [9.17, 15) is 0 Å². The zero-order valence-corrected chi connectivity index (χ0v) is 12.3. The van der Waals surface area contributed by atoms with E-state index in [-0.39, 0.29) is 1.43 Å². The van der Waals surface area contributed by atoms with Crippen molar-refractivity contribution in [2.75, 3.05) is 0 Å². The van der Waals surface area contributed by atoms with Crippen LogP contribution in [-0.4, -0.2) is 6.04 Å². The smallest absolute Gasteiger partial charge is 0.0294 e. The van der Waals surface area contributed by atoms with Gasteiger partial charge in [-0.1, -0.05) is 45.4 Å². The van der Waals surface area contributed by atoms with Crippen LogP contribution in [0.25, 0.3) is 0 Å². The minimum atomic E-state index is 0. The first-order valence-electron chi connectivity index (χ1n) is 7.02. The molecule has 2 aliphatic carbocycles. The lowest BCUT2D eigenvalue weighted by molar-refractivity contribution is 0.585. The molecule has 0 aromatic carbocycles. The van der Waals surface area contributed by atoms with Gasteiger partial charge in [0.15, 0.2) is 0 Å². The minimum absolute atomic E-state index is 0. The molecule has 17 heavy (non-hydrogen) atoms. The molecule has 0 radical (unpaired) electrons. The van der Waals surface area contributed by atoms with Crippen LogP contribution >= 0.6 is 0 Å². The van der Waals surface area contributed by atoms with Crippen LogP contribution in [0.5, 0.6) is 0 Å². The lowest BCUT2D eigenvalue weighted by Crippen LogP contribution is -2.26. The maximum absolute atomic E-state index is 5.98. The summed E-state index contributed by atoms with van der Waals surface area (Å²) in [6.45, 7) is 14.0. The molecule has 2 aliphatic rings. The number of allylic oxidation sites excluding steroid dienone is 2. The second-order valence-corrected chi connectivity index (χ2v) is 3.50. The van der Waals surface area contributed by atoms with Crippen molar-refractivity contribution in [3.63, 3.8) is 0 Å². The average Bonchev–Trinajstić information content (AvgIpc) is 2.46.